The molecule has 0 spiro atoms. The predicted octanol–water partition coefficient (Wildman–Crippen LogP) is 2.27. The molecule has 2 rings (SSSR count). The van der Waals surface area contributed by atoms with E-state index in [-0.39, 0.29) is 0 Å². The largest absolute Gasteiger partial charge is 0.392 e. The number of hydrogen-bond donors (Lipinski definition) is 1. The molecule has 0 aliphatic carbocycles. The molecule has 0 fully saturated rings. The molecule has 0 aliphatic heterocycles. The van der Waals surface area contributed by atoms with Crippen LogP contribution in [-0.2, 0) is 13.5 Å². The fraction of sp³-hybridized carbons (Fsp3) is 0.333. The lowest BCUT2D eigenvalue weighted by molar-refractivity contribution is 0.199. The number of hydrogen-bond acceptors (Lipinski definition) is 4. The van der Waals surface area contributed by atoms with E-state index in [2.05, 4.69) is 26.2 Å². The Morgan fingerprint density at radius 1 is 1.50 bits per heavy atom. The molecule has 1 heterocycles. The molecule has 1 aromatic heterocycles. The molecule has 1 aromatic carbocycles. The fourth-order valence-electron chi connectivity index (χ4n) is 1.54. The molecule has 1 N–H and O–H groups in total. The summed E-state index contributed by atoms with van der Waals surface area (Å²) in [6.07, 6.45) is 1.95. The molecule has 0 amide bonds. The van der Waals surface area contributed by atoms with E-state index in [1.807, 2.05) is 37.5 Å². The number of halogens is 1. The van der Waals surface area contributed by atoms with E-state index < -0.39 is 6.10 Å². The van der Waals surface area contributed by atoms with E-state index in [9.17, 15) is 5.11 Å². The van der Waals surface area contributed by atoms with Gasteiger partial charge in [0.15, 0.2) is 0 Å². The fourth-order valence-corrected chi connectivity index (χ4v) is 2.98. The third kappa shape index (κ3) is 4.12. The monoisotopic (exact) mass is 327 g/mol. The summed E-state index contributed by atoms with van der Waals surface area (Å²) in [4.78, 5) is 1.14. The van der Waals surface area contributed by atoms with Gasteiger partial charge in [-0.25, -0.2) is 0 Å². The molecule has 4 nitrogen and oxygen atoms in total. The summed E-state index contributed by atoms with van der Waals surface area (Å²) in [6, 6.07) is 8.05. The standard InChI is InChI=1S/C12H14BrN3OS/c1-16-7-10(14-15-16)6-11(17)8-18-12-4-2-3-9(13)5-12/h2-5,7,11,17H,6,8H2,1H3. The van der Waals surface area contributed by atoms with Crippen molar-refractivity contribution >= 4 is 27.7 Å². The highest BCUT2D eigenvalue weighted by Gasteiger charge is 2.09. The Bertz CT molecular complexity index is 518. The van der Waals surface area contributed by atoms with Crippen LogP contribution in [0.5, 0.6) is 0 Å². The third-order valence-corrected chi connectivity index (χ3v) is 3.97. The lowest BCUT2D eigenvalue weighted by Crippen LogP contribution is -2.13. The van der Waals surface area contributed by atoms with E-state index in [1.54, 1.807) is 16.4 Å². The smallest absolute Gasteiger partial charge is 0.0853 e. The van der Waals surface area contributed by atoms with Crippen LogP contribution in [0.25, 0.3) is 0 Å². The summed E-state index contributed by atoms with van der Waals surface area (Å²) in [5, 5.41) is 17.7. The summed E-state index contributed by atoms with van der Waals surface area (Å²) >= 11 is 5.06. The average Bonchev–Trinajstić information content (AvgIpc) is 2.72. The molecule has 0 aliphatic rings. The second-order valence-electron chi connectivity index (χ2n) is 4.01. The summed E-state index contributed by atoms with van der Waals surface area (Å²) in [7, 11) is 1.82. The Balaban J connectivity index is 1.83. The number of aromatic nitrogens is 3. The van der Waals surface area contributed by atoms with Crippen molar-refractivity contribution in [2.75, 3.05) is 5.75 Å². The molecule has 0 radical (unpaired) electrons. The maximum Gasteiger partial charge on any atom is 0.0853 e. The SMILES string of the molecule is Cn1cc(CC(O)CSc2cccc(Br)c2)nn1. The van der Waals surface area contributed by atoms with Gasteiger partial charge in [-0.3, -0.25) is 4.68 Å². The van der Waals surface area contributed by atoms with Crippen LogP contribution in [-0.4, -0.2) is 32.0 Å². The van der Waals surface area contributed by atoms with Crippen LogP contribution < -0.4 is 0 Å². The highest BCUT2D eigenvalue weighted by Crippen LogP contribution is 2.22. The highest BCUT2D eigenvalue weighted by molar-refractivity contribution is 9.10. The number of aliphatic hydroxyl groups excluding tert-OH is 1. The number of aliphatic hydroxyl groups is 1. The number of nitrogens with zero attached hydrogens (tertiary/aromatic N) is 3. The van der Waals surface area contributed by atoms with E-state index in [4.69, 9.17) is 0 Å². The normalized spacial score (nSPS) is 12.6. The Morgan fingerprint density at radius 2 is 2.33 bits per heavy atom. The van der Waals surface area contributed by atoms with Crippen LogP contribution in [0.4, 0.5) is 0 Å². The first-order valence-electron chi connectivity index (χ1n) is 5.55. The van der Waals surface area contributed by atoms with Gasteiger partial charge in [-0.2, -0.15) is 0 Å². The van der Waals surface area contributed by atoms with E-state index >= 15 is 0 Å². The van der Waals surface area contributed by atoms with Gasteiger partial charge < -0.3 is 5.11 Å². The maximum absolute atomic E-state index is 9.93. The van der Waals surface area contributed by atoms with Crippen molar-refractivity contribution < 1.29 is 5.11 Å². The molecule has 0 bridgehead atoms. The van der Waals surface area contributed by atoms with Crippen molar-refractivity contribution in [2.24, 2.45) is 7.05 Å². The van der Waals surface area contributed by atoms with Crippen molar-refractivity contribution in [2.45, 2.75) is 17.4 Å². The van der Waals surface area contributed by atoms with Crippen LogP contribution in [0.15, 0.2) is 39.8 Å². The second-order valence-corrected chi connectivity index (χ2v) is 6.02. The summed E-state index contributed by atoms with van der Waals surface area (Å²) in [5.74, 6) is 0.646. The highest BCUT2D eigenvalue weighted by atomic mass is 79.9. The topological polar surface area (TPSA) is 50.9 Å². The minimum absolute atomic E-state index is 0.411. The summed E-state index contributed by atoms with van der Waals surface area (Å²) < 4.78 is 2.69. The van der Waals surface area contributed by atoms with Crippen molar-refractivity contribution in [3.63, 3.8) is 0 Å². The van der Waals surface area contributed by atoms with Gasteiger partial charge in [0.25, 0.3) is 0 Å². The molecular weight excluding hydrogens is 314 g/mol. The van der Waals surface area contributed by atoms with Gasteiger partial charge in [-0.05, 0) is 18.2 Å². The van der Waals surface area contributed by atoms with E-state index in [0.717, 1.165) is 15.1 Å². The molecule has 1 atom stereocenters. The lowest BCUT2D eigenvalue weighted by atomic mass is 10.2. The average molecular weight is 328 g/mol. The van der Waals surface area contributed by atoms with Gasteiger partial charge in [0, 0.05) is 34.8 Å². The first-order valence-corrected chi connectivity index (χ1v) is 7.33. The van der Waals surface area contributed by atoms with Crippen LogP contribution in [0.1, 0.15) is 5.69 Å². The minimum atomic E-state index is -0.411. The van der Waals surface area contributed by atoms with Crippen LogP contribution in [0, 0.1) is 0 Å². The first kappa shape index (κ1) is 13.6. The van der Waals surface area contributed by atoms with Crippen molar-refractivity contribution in [3.8, 4) is 0 Å². The Labute approximate surface area is 119 Å². The van der Waals surface area contributed by atoms with Crippen LogP contribution in [0.2, 0.25) is 0 Å². The number of aryl methyl sites for hydroxylation is 1. The van der Waals surface area contributed by atoms with Gasteiger partial charge in [-0.1, -0.05) is 27.2 Å². The number of rotatable bonds is 5. The van der Waals surface area contributed by atoms with Gasteiger partial charge in [0.2, 0.25) is 0 Å². The Hall–Kier alpha value is -0.850. The zero-order valence-electron chi connectivity index (χ0n) is 9.95. The molecule has 0 saturated heterocycles. The second kappa shape index (κ2) is 6.36. The molecule has 96 valence electrons. The first-order chi connectivity index (χ1) is 8.63. The maximum atomic E-state index is 9.93. The van der Waals surface area contributed by atoms with Gasteiger partial charge in [0.1, 0.15) is 0 Å². The predicted molar refractivity (Wildman–Crippen MR) is 75.6 cm³/mol. The van der Waals surface area contributed by atoms with Gasteiger partial charge in [0.05, 0.1) is 11.8 Å². The van der Waals surface area contributed by atoms with Crippen molar-refractivity contribution in [3.05, 3.63) is 40.6 Å². The Morgan fingerprint density at radius 3 is 3.00 bits per heavy atom. The molecular formula is C12H14BrN3OS. The number of thioether (sulfide) groups is 1. The van der Waals surface area contributed by atoms with Crippen molar-refractivity contribution in [1.82, 2.24) is 15.0 Å². The quantitative estimate of drug-likeness (QED) is 0.856. The molecule has 0 saturated carbocycles. The molecule has 2 aromatic rings. The van der Waals surface area contributed by atoms with Crippen molar-refractivity contribution in [1.29, 1.82) is 0 Å². The van der Waals surface area contributed by atoms with Gasteiger partial charge >= 0.3 is 0 Å². The summed E-state index contributed by atoms with van der Waals surface area (Å²) in [5.41, 5.74) is 0.819. The zero-order valence-corrected chi connectivity index (χ0v) is 12.4. The van der Waals surface area contributed by atoms with E-state index in [1.165, 1.54) is 0 Å². The molecule has 1 unspecified atom stereocenters. The third-order valence-electron chi connectivity index (χ3n) is 2.33. The Kier molecular flexibility index (Phi) is 4.79. The minimum Gasteiger partial charge on any atom is -0.392 e. The summed E-state index contributed by atoms with van der Waals surface area (Å²) in [6.45, 7) is 0. The van der Waals surface area contributed by atoms with E-state index in [0.29, 0.717) is 12.2 Å². The molecule has 18 heavy (non-hydrogen) atoms. The zero-order chi connectivity index (χ0) is 13.0. The lowest BCUT2D eigenvalue weighted by Gasteiger charge is -2.08. The van der Waals surface area contributed by atoms with Crippen LogP contribution in [0.3, 0.4) is 0 Å². The molecule has 6 heteroatoms. The van der Waals surface area contributed by atoms with Crippen LogP contribution >= 0.6 is 27.7 Å². The van der Waals surface area contributed by atoms with Gasteiger partial charge in [-0.15, -0.1) is 16.9 Å². The number of benzene rings is 1.